The second-order valence-corrected chi connectivity index (χ2v) is 3.15. The first-order valence-electron chi connectivity index (χ1n) is 4.64. The van der Waals surface area contributed by atoms with Crippen LogP contribution in [0.2, 0.25) is 0 Å². The monoisotopic (exact) mass is 202 g/mol. The Kier molecular flexibility index (Phi) is 2.49. The molecule has 1 aromatic carbocycles. The van der Waals surface area contributed by atoms with Crippen LogP contribution in [0.25, 0.3) is 0 Å². The zero-order valence-electron chi connectivity index (χ0n) is 8.04. The van der Waals surface area contributed by atoms with Crippen LogP contribution in [0.5, 0.6) is 0 Å². The Bertz CT molecular complexity index is 423. The van der Waals surface area contributed by atoms with E-state index >= 15 is 0 Å². The summed E-state index contributed by atoms with van der Waals surface area (Å²) in [4.78, 5) is 12.0. The fraction of sp³-hybridized carbons (Fsp3) is 0.0909. The molecule has 4 heteroatoms. The van der Waals surface area contributed by atoms with Gasteiger partial charge in [-0.1, -0.05) is 18.2 Å². The van der Waals surface area contributed by atoms with Gasteiger partial charge in [0.15, 0.2) is 0 Å². The number of allylic oxidation sites excluding steroid dienone is 2. The van der Waals surface area contributed by atoms with Crippen LogP contribution in [0.15, 0.2) is 54.5 Å². The maximum Gasteiger partial charge on any atom is 0.324 e. The number of hydrogen-bond donors (Lipinski definition) is 0. The first kappa shape index (κ1) is 9.45. The minimum absolute atomic E-state index is 0.115. The van der Waals surface area contributed by atoms with E-state index < -0.39 is 0 Å². The number of nitro groups is 1. The van der Waals surface area contributed by atoms with E-state index in [0.29, 0.717) is 6.42 Å². The molecule has 2 rings (SSSR count). The molecule has 76 valence electrons. The molecule has 0 aromatic heterocycles. The van der Waals surface area contributed by atoms with Crippen LogP contribution in [0.4, 0.5) is 5.69 Å². The van der Waals surface area contributed by atoms with Crippen molar-refractivity contribution < 1.29 is 4.92 Å². The predicted octanol–water partition coefficient (Wildman–Crippen LogP) is 2.53. The molecule has 1 aliphatic heterocycles. The lowest BCUT2D eigenvalue weighted by Crippen LogP contribution is -2.23. The van der Waals surface area contributed by atoms with Crippen molar-refractivity contribution in [3.8, 4) is 0 Å². The lowest BCUT2D eigenvalue weighted by molar-refractivity contribution is -0.426. The molecule has 1 aliphatic rings. The van der Waals surface area contributed by atoms with Gasteiger partial charge in [-0.25, -0.2) is 0 Å². The van der Waals surface area contributed by atoms with Gasteiger partial charge < -0.3 is 10.1 Å². The topological polar surface area (TPSA) is 46.4 Å². The van der Waals surface area contributed by atoms with Gasteiger partial charge in [-0.05, 0) is 29.6 Å². The number of benzene rings is 1. The van der Waals surface area contributed by atoms with Crippen molar-refractivity contribution in [3.63, 3.8) is 0 Å². The molecule has 0 aliphatic carbocycles. The Labute approximate surface area is 87.3 Å². The standard InChI is InChI=1S/C11H10N2O2/c14-13(15)11-8-4-5-9-12(11)10-6-2-1-3-7-10/h1-3,5-9H,4H2. The van der Waals surface area contributed by atoms with Crippen LogP contribution < -0.4 is 4.90 Å². The van der Waals surface area contributed by atoms with E-state index in [2.05, 4.69) is 0 Å². The molecule has 0 amide bonds. The molecule has 1 aromatic rings. The Balaban J connectivity index is 2.35. The van der Waals surface area contributed by atoms with Crippen molar-refractivity contribution in [3.05, 3.63) is 64.6 Å². The van der Waals surface area contributed by atoms with Gasteiger partial charge in [0.05, 0.1) is 6.20 Å². The van der Waals surface area contributed by atoms with Gasteiger partial charge in [-0.2, -0.15) is 4.90 Å². The Hall–Kier alpha value is -2.10. The summed E-state index contributed by atoms with van der Waals surface area (Å²) in [7, 11) is 0. The van der Waals surface area contributed by atoms with Gasteiger partial charge in [0, 0.05) is 6.08 Å². The molecule has 0 saturated carbocycles. The lowest BCUT2D eigenvalue weighted by Gasteiger charge is -2.16. The van der Waals surface area contributed by atoms with E-state index in [9.17, 15) is 10.1 Å². The molecule has 0 unspecified atom stereocenters. The average molecular weight is 202 g/mol. The summed E-state index contributed by atoms with van der Waals surface area (Å²) >= 11 is 0. The second-order valence-electron chi connectivity index (χ2n) is 3.15. The molecule has 15 heavy (non-hydrogen) atoms. The largest absolute Gasteiger partial charge is 0.358 e. The van der Waals surface area contributed by atoms with E-state index in [1.54, 1.807) is 17.2 Å². The van der Waals surface area contributed by atoms with Gasteiger partial charge in [0.2, 0.25) is 0 Å². The lowest BCUT2D eigenvalue weighted by atomic mass is 10.2. The van der Waals surface area contributed by atoms with Crippen molar-refractivity contribution in [1.82, 2.24) is 0 Å². The number of nitrogens with zero attached hydrogens (tertiary/aromatic N) is 2. The van der Waals surface area contributed by atoms with Crippen molar-refractivity contribution in [2.24, 2.45) is 0 Å². The van der Waals surface area contributed by atoms with Crippen molar-refractivity contribution in [1.29, 1.82) is 0 Å². The van der Waals surface area contributed by atoms with Crippen LogP contribution in [-0.2, 0) is 0 Å². The maximum absolute atomic E-state index is 10.8. The van der Waals surface area contributed by atoms with Crippen molar-refractivity contribution >= 4 is 5.69 Å². The van der Waals surface area contributed by atoms with E-state index in [1.165, 1.54) is 0 Å². The minimum atomic E-state index is -0.365. The molecule has 0 fully saturated rings. The second kappa shape index (κ2) is 3.96. The van der Waals surface area contributed by atoms with Crippen LogP contribution in [-0.4, -0.2) is 4.92 Å². The maximum atomic E-state index is 10.8. The summed E-state index contributed by atoms with van der Waals surface area (Å²) in [5.41, 5.74) is 0.802. The molecule has 0 bridgehead atoms. The zero-order valence-corrected chi connectivity index (χ0v) is 8.04. The molecule has 0 atom stereocenters. The Morgan fingerprint density at radius 2 is 2.00 bits per heavy atom. The first-order valence-corrected chi connectivity index (χ1v) is 4.64. The van der Waals surface area contributed by atoms with E-state index in [-0.39, 0.29) is 10.7 Å². The van der Waals surface area contributed by atoms with Gasteiger partial charge in [-0.15, -0.1) is 0 Å². The van der Waals surface area contributed by atoms with E-state index in [4.69, 9.17) is 0 Å². The summed E-state index contributed by atoms with van der Waals surface area (Å²) in [6.07, 6.45) is 5.83. The molecule has 0 N–H and O–H groups in total. The fourth-order valence-corrected chi connectivity index (χ4v) is 1.48. The van der Waals surface area contributed by atoms with E-state index in [1.807, 2.05) is 36.4 Å². The quantitative estimate of drug-likeness (QED) is 0.546. The molecule has 0 spiro atoms. The molecule has 0 saturated heterocycles. The summed E-state index contributed by atoms with van der Waals surface area (Å²) in [5.74, 6) is 0.115. The van der Waals surface area contributed by atoms with Crippen LogP contribution in [0.3, 0.4) is 0 Å². The highest BCUT2D eigenvalue weighted by molar-refractivity contribution is 5.54. The van der Waals surface area contributed by atoms with Gasteiger partial charge in [0.25, 0.3) is 0 Å². The SMILES string of the molecule is O=[N+]([O-])C1=CCC=CN1c1ccccc1. The molecule has 1 heterocycles. The first-order chi connectivity index (χ1) is 7.29. The predicted molar refractivity (Wildman–Crippen MR) is 57.8 cm³/mol. The third-order valence-electron chi connectivity index (χ3n) is 2.16. The molecule has 0 radical (unpaired) electrons. The van der Waals surface area contributed by atoms with Gasteiger partial charge in [0.1, 0.15) is 5.69 Å². The van der Waals surface area contributed by atoms with Crippen LogP contribution >= 0.6 is 0 Å². The highest BCUT2D eigenvalue weighted by atomic mass is 16.6. The third-order valence-corrected chi connectivity index (χ3v) is 2.16. The average Bonchev–Trinajstić information content (AvgIpc) is 2.30. The van der Waals surface area contributed by atoms with Crippen molar-refractivity contribution in [2.75, 3.05) is 4.90 Å². The van der Waals surface area contributed by atoms with Crippen LogP contribution in [0.1, 0.15) is 6.42 Å². The number of anilines is 1. The normalized spacial score (nSPS) is 14.9. The van der Waals surface area contributed by atoms with E-state index in [0.717, 1.165) is 5.69 Å². The highest BCUT2D eigenvalue weighted by Crippen LogP contribution is 2.22. The smallest absolute Gasteiger partial charge is 0.324 e. The summed E-state index contributed by atoms with van der Waals surface area (Å²) in [6, 6.07) is 9.28. The van der Waals surface area contributed by atoms with Gasteiger partial charge >= 0.3 is 5.82 Å². The molecular formula is C11H10N2O2. The summed E-state index contributed by atoms with van der Waals surface area (Å²) in [5, 5.41) is 10.8. The number of para-hydroxylation sites is 1. The Morgan fingerprint density at radius 3 is 2.67 bits per heavy atom. The minimum Gasteiger partial charge on any atom is -0.358 e. The Morgan fingerprint density at radius 1 is 1.27 bits per heavy atom. The summed E-state index contributed by atoms with van der Waals surface area (Å²) < 4.78 is 0. The molecule has 4 nitrogen and oxygen atoms in total. The highest BCUT2D eigenvalue weighted by Gasteiger charge is 2.22. The van der Waals surface area contributed by atoms with Crippen LogP contribution in [0, 0.1) is 10.1 Å². The van der Waals surface area contributed by atoms with Crippen molar-refractivity contribution in [2.45, 2.75) is 6.42 Å². The zero-order chi connectivity index (χ0) is 10.7. The van der Waals surface area contributed by atoms with Gasteiger partial charge in [-0.3, -0.25) is 0 Å². The fourth-order valence-electron chi connectivity index (χ4n) is 1.48. The number of hydrogen-bond acceptors (Lipinski definition) is 3. The number of rotatable bonds is 2. The third kappa shape index (κ3) is 1.88. The summed E-state index contributed by atoms with van der Waals surface area (Å²) in [6.45, 7) is 0. The molecular weight excluding hydrogens is 192 g/mol.